The zero-order valence-electron chi connectivity index (χ0n) is 17.2. The minimum absolute atomic E-state index is 0.235. The predicted octanol–water partition coefficient (Wildman–Crippen LogP) is 1.02. The lowest BCUT2D eigenvalue weighted by Crippen LogP contribution is -2.41. The lowest BCUT2D eigenvalue weighted by atomic mass is 10.1. The Labute approximate surface area is 184 Å². The van der Waals surface area contributed by atoms with Crippen LogP contribution < -0.4 is 20.2 Å². The van der Waals surface area contributed by atoms with Gasteiger partial charge in [-0.3, -0.25) is 14.4 Å². The van der Waals surface area contributed by atoms with Crippen LogP contribution in [-0.4, -0.2) is 68.4 Å². The Balaban J connectivity index is 1.36. The van der Waals surface area contributed by atoms with Gasteiger partial charge in [0.2, 0.25) is 0 Å². The second-order valence-corrected chi connectivity index (χ2v) is 7.01. The van der Waals surface area contributed by atoms with E-state index in [-0.39, 0.29) is 11.6 Å². The molecule has 4 rings (SSSR count). The van der Waals surface area contributed by atoms with E-state index in [4.69, 9.17) is 14.2 Å². The molecule has 1 fully saturated rings. The molecule has 10 heteroatoms. The minimum atomic E-state index is -0.965. The summed E-state index contributed by atoms with van der Waals surface area (Å²) in [5.74, 6) is -0.909. The molecule has 2 aliphatic rings. The quantitative estimate of drug-likeness (QED) is 0.418. The number of carbonyl (C=O) groups excluding carboxylic acids is 3. The van der Waals surface area contributed by atoms with Gasteiger partial charge in [0.1, 0.15) is 13.2 Å². The first kappa shape index (κ1) is 21.3. The first-order valence-electron chi connectivity index (χ1n) is 10.1. The number of ether oxygens (including phenoxy) is 3. The summed E-state index contributed by atoms with van der Waals surface area (Å²) in [5, 5.41) is 6.29. The fourth-order valence-electron chi connectivity index (χ4n) is 3.25. The van der Waals surface area contributed by atoms with Gasteiger partial charge in [-0.2, -0.15) is 5.10 Å². The van der Waals surface area contributed by atoms with Crippen LogP contribution in [-0.2, 0) is 14.3 Å². The van der Waals surface area contributed by atoms with E-state index in [2.05, 4.69) is 15.8 Å². The van der Waals surface area contributed by atoms with Crippen molar-refractivity contribution in [2.45, 2.75) is 0 Å². The molecule has 2 N–H and O–H groups in total. The number of amides is 3. The Kier molecular flexibility index (Phi) is 6.61. The van der Waals surface area contributed by atoms with Crippen molar-refractivity contribution in [3.8, 4) is 11.5 Å². The SMILES string of the molecule is O=C(NN=Cc1ccc2c(c1)OCCO2)C(=O)Nc1ccccc1C(=O)N1CCOCC1. The van der Waals surface area contributed by atoms with Gasteiger partial charge in [-0.1, -0.05) is 12.1 Å². The third kappa shape index (κ3) is 5.03. The molecule has 0 saturated carbocycles. The van der Waals surface area contributed by atoms with Gasteiger partial charge in [-0.25, -0.2) is 5.43 Å². The summed E-state index contributed by atoms with van der Waals surface area (Å²) in [6.45, 7) is 2.81. The van der Waals surface area contributed by atoms with E-state index in [9.17, 15) is 14.4 Å². The molecular formula is C22H22N4O6. The standard InChI is InChI=1S/C22H22N4O6/c27-20(21(28)25-23-14-15-5-6-18-19(13-15)32-12-11-31-18)24-17-4-2-1-3-16(17)22(29)26-7-9-30-10-8-26/h1-6,13-14H,7-12H2,(H,24,27)(H,25,28). The second kappa shape index (κ2) is 9.92. The normalized spacial score (nSPS) is 15.3. The van der Waals surface area contributed by atoms with Crippen LogP contribution in [0.4, 0.5) is 5.69 Å². The molecule has 0 radical (unpaired) electrons. The van der Waals surface area contributed by atoms with E-state index in [1.54, 1.807) is 47.4 Å². The van der Waals surface area contributed by atoms with Gasteiger partial charge in [0.05, 0.1) is 30.7 Å². The molecule has 3 amide bonds. The number of hydrazone groups is 1. The van der Waals surface area contributed by atoms with Crippen LogP contribution in [0.15, 0.2) is 47.6 Å². The Morgan fingerprint density at radius 1 is 0.906 bits per heavy atom. The lowest BCUT2D eigenvalue weighted by molar-refractivity contribution is -0.136. The van der Waals surface area contributed by atoms with Crippen LogP contribution in [0.5, 0.6) is 11.5 Å². The second-order valence-electron chi connectivity index (χ2n) is 7.01. The lowest BCUT2D eigenvalue weighted by Gasteiger charge is -2.27. The van der Waals surface area contributed by atoms with Crippen LogP contribution in [0.3, 0.4) is 0 Å². The van der Waals surface area contributed by atoms with Crippen molar-refractivity contribution in [1.82, 2.24) is 10.3 Å². The summed E-state index contributed by atoms with van der Waals surface area (Å²) < 4.78 is 16.2. The fourth-order valence-corrected chi connectivity index (χ4v) is 3.25. The van der Waals surface area contributed by atoms with Crippen molar-refractivity contribution in [2.24, 2.45) is 5.10 Å². The van der Waals surface area contributed by atoms with Crippen LogP contribution in [0, 0.1) is 0 Å². The predicted molar refractivity (Wildman–Crippen MR) is 115 cm³/mol. The molecule has 2 aromatic rings. The number of nitrogens with one attached hydrogen (secondary N) is 2. The largest absolute Gasteiger partial charge is 0.486 e. The number of anilines is 1. The van der Waals surface area contributed by atoms with Gasteiger partial charge in [0, 0.05) is 13.1 Å². The molecule has 2 heterocycles. The van der Waals surface area contributed by atoms with E-state index in [0.29, 0.717) is 62.1 Å². The molecule has 0 atom stereocenters. The smallest absolute Gasteiger partial charge is 0.329 e. The van der Waals surface area contributed by atoms with Gasteiger partial charge < -0.3 is 24.4 Å². The zero-order chi connectivity index (χ0) is 22.3. The first-order chi connectivity index (χ1) is 15.6. The summed E-state index contributed by atoms with van der Waals surface area (Å²) in [7, 11) is 0. The molecule has 2 aromatic carbocycles. The molecular weight excluding hydrogens is 416 g/mol. The maximum absolute atomic E-state index is 12.8. The highest BCUT2D eigenvalue weighted by atomic mass is 16.6. The molecule has 166 valence electrons. The first-order valence-corrected chi connectivity index (χ1v) is 10.1. The molecule has 0 aromatic heterocycles. The summed E-state index contributed by atoms with van der Waals surface area (Å²) in [4.78, 5) is 38.9. The van der Waals surface area contributed by atoms with Crippen molar-refractivity contribution in [3.63, 3.8) is 0 Å². The third-order valence-corrected chi connectivity index (χ3v) is 4.86. The van der Waals surface area contributed by atoms with Crippen molar-refractivity contribution in [2.75, 3.05) is 44.8 Å². The average Bonchev–Trinajstić information content (AvgIpc) is 2.84. The molecule has 32 heavy (non-hydrogen) atoms. The number of morpholine rings is 1. The number of benzene rings is 2. The molecule has 2 aliphatic heterocycles. The van der Waals surface area contributed by atoms with E-state index < -0.39 is 11.8 Å². The number of para-hydroxylation sites is 1. The van der Waals surface area contributed by atoms with Gasteiger partial charge in [-0.15, -0.1) is 0 Å². The molecule has 0 unspecified atom stereocenters. The van der Waals surface area contributed by atoms with Crippen molar-refractivity contribution in [1.29, 1.82) is 0 Å². The molecule has 10 nitrogen and oxygen atoms in total. The monoisotopic (exact) mass is 438 g/mol. The number of nitrogens with zero attached hydrogens (tertiary/aromatic N) is 2. The van der Waals surface area contributed by atoms with E-state index in [1.165, 1.54) is 6.21 Å². The summed E-state index contributed by atoms with van der Waals surface area (Å²) in [6, 6.07) is 11.7. The molecule has 1 saturated heterocycles. The number of hydrogen-bond acceptors (Lipinski definition) is 7. The number of rotatable bonds is 4. The van der Waals surface area contributed by atoms with Gasteiger partial charge >= 0.3 is 11.8 Å². The fraction of sp³-hybridized carbons (Fsp3) is 0.273. The third-order valence-electron chi connectivity index (χ3n) is 4.86. The Morgan fingerprint density at radius 2 is 1.66 bits per heavy atom. The Morgan fingerprint density at radius 3 is 2.47 bits per heavy atom. The van der Waals surface area contributed by atoms with Crippen molar-refractivity contribution >= 4 is 29.6 Å². The zero-order valence-corrected chi connectivity index (χ0v) is 17.2. The average molecular weight is 438 g/mol. The highest BCUT2D eigenvalue weighted by molar-refractivity contribution is 6.40. The summed E-state index contributed by atoms with van der Waals surface area (Å²) >= 11 is 0. The highest BCUT2D eigenvalue weighted by Gasteiger charge is 2.23. The van der Waals surface area contributed by atoms with E-state index in [0.717, 1.165) is 0 Å². The van der Waals surface area contributed by atoms with Crippen LogP contribution in [0.1, 0.15) is 15.9 Å². The summed E-state index contributed by atoms with van der Waals surface area (Å²) in [5.41, 5.74) is 3.39. The van der Waals surface area contributed by atoms with Gasteiger partial charge in [-0.05, 0) is 35.9 Å². The molecule has 0 bridgehead atoms. The van der Waals surface area contributed by atoms with Gasteiger partial charge in [0.25, 0.3) is 5.91 Å². The number of hydrogen-bond donors (Lipinski definition) is 2. The maximum atomic E-state index is 12.8. The topological polar surface area (TPSA) is 119 Å². The highest BCUT2D eigenvalue weighted by Crippen LogP contribution is 2.30. The van der Waals surface area contributed by atoms with Crippen LogP contribution >= 0.6 is 0 Å². The maximum Gasteiger partial charge on any atom is 0.329 e. The number of fused-ring (bicyclic) bond motifs is 1. The van der Waals surface area contributed by atoms with Crippen molar-refractivity contribution < 1.29 is 28.6 Å². The Bertz CT molecular complexity index is 1050. The van der Waals surface area contributed by atoms with Gasteiger partial charge in [0.15, 0.2) is 11.5 Å². The van der Waals surface area contributed by atoms with E-state index >= 15 is 0 Å². The minimum Gasteiger partial charge on any atom is -0.486 e. The summed E-state index contributed by atoms with van der Waals surface area (Å²) in [6.07, 6.45) is 1.39. The molecule has 0 spiro atoms. The van der Waals surface area contributed by atoms with Crippen LogP contribution in [0.25, 0.3) is 0 Å². The molecule has 0 aliphatic carbocycles. The Hall–Kier alpha value is -3.92. The van der Waals surface area contributed by atoms with E-state index in [1.807, 2.05) is 0 Å². The van der Waals surface area contributed by atoms with Crippen molar-refractivity contribution in [3.05, 3.63) is 53.6 Å². The number of carbonyl (C=O) groups is 3. The van der Waals surface area contributed by atoms with Crippen LogP contribution in [0.2, 0.25) is 0 Å².